The van der Waals surface area contributed by atoms with Crippen LogP contribution in [0.4, 0.5) is 0 Å². The third-order valence-electron chi connectivity index (χ3n) is 3.77. The number of piperidine rings is 1. The van der Waals surface area contributed by atoms with Crippen LogP contribution in [0.1, 0.15) is 53.4 Å². The van der Waals surface area contributed by atoms with E-state index in [2.05, 4.69) is 37.9 Å². The molecule has 5 nitrogen and oxygen atoms in total. The highest BCUT2D eigenvalue weighted by Gasteiger charge is 2.23. The summed E-state index contributed by atoms with van der Waals surface area (Å²) in [5, 5.41) is 3.37. The average Bonchev–Trinajstić information content (AvgIpc) is 2.36. The number of halogens is 1. The maximum Gasteiger partial charge on any atom is 0.217 e. The molecule has 1 unspecified atom stereocenters. The Bertz CT molecular complexity index is 366. The summed E-state index contributed by atoms with van der Waals surface area (Å²) in [6.45, 7) is 12.4. The predicted molar refractivity (Wildman–Crippen MR) is 104 cm³/mol. The van der Waals surface area contributed by atoms with Gasteiger partial charge in [-0.1, -0.05) is 20.8 Å². The molecule has 0 spiro atoms. The molecule has 6 heteroatoms. The quantitative estimate of drug-likeness (QED) is 0.405. The van der Waals surface area contributed by atoms with Gasteiger partial charge < -0.3 is 16.0 Å². The second-order valence-corrected chi connectivity index (χ2v) is 7.17. The number of rotatable bonds is 5. The van der Waals surface area contributed by atoms with Crippen LogP contribution in [0.25, 0.3) is 0 Å². The Labute approximate surface area is 152 Å². The van der Waals surface area contributed by atoms with Crippen molar-refractivity contribution in [2.24, 2.45) is 22.1 Å². The first-order valence-electron chi connectivity index (χ1n) is 8.13. The molecule has 1 saturated heterocycles. The molecule has 3 N–H and O–H groups in total. The molecule has 0 bridgehead atoms. The summed E-state index contributed by atoms with van der Waals surface area (Å²) in [5.41, 5.74) is 5.63. The molecule has 1 amide bonds. The third kappa shape index (κ3) is 8.80. The van der Waals surface area contributed by atoms with E-state index in [9.17, 15) is 4.79 Å². The van der Waals surface area contributed by atoms with Gasteiger partial charge in [0.15, 0.2) is 5.96 Å². The number of nitrogens with one attached hydrogen (secondary N) is 1. The van der Waals surface area contributed by atoms with Crippen LogP contribution in [0.5, 0.6) is 0 Å². The SMILES string of the molecule is CCNC(=NCCC(C)(C)C)N1CCCC(CC(N)=O)C1.I. The number of carbonyl (C=O) groups excluding carboxylic acids is 1. The molecule has 1 fully saturated rings. The van der Waals surface area contributed by atoms with Gasteiger partial charge in [0.25, 0.3) is 0 Å². The van der Waals surface area contributed by atoms with Crippen LogP contribution in [0.3, 0.4) is 0 Å². The van der Waals surface area contributed by atoms with Gasteiger partial charge in [-0.15, -0.1) is 24.0 Å². The number of likely N-dealkylation sites (tertiary alicyclic amines) is 1. The Morgan fingerprint density at radius 3 is 2.64 bits per heavy atom. The Morgan fingerprint density at radius 1 is 1.41 bits per heavy atom. The van der Waals surface area contributed by atoms with Gasteiger partial charge in [0.05, 0.1) is 0 Å². The molecule has 1 heterocycles. The summed E-state index contributed by atoms with van der Waals surface area (Å²) in [6.07, 6.45) is 3.74. The zero-order chi connectivity index (χ0) is 15.9. The lowest BCUT2D eigenvalue weighted by Crippen LogP contribution is -2.47. The van der Waals surface area contributed by atoms with Crippen molar-refractivity contribution >= 4 is 35.8 Å². The highest BCUT2D eigenvalue weighted by molar-refractivity contribution is 14.0. The Morgan fingerprint density at radius 2 is 2.09 bits per heavy atom. The minimum absolute atomic E-state index is 0. The molecule has 0 aromatic heterocycles. The standard InChI is InChI=1S/C16H32N4O.HI/c1-5-18-15(19-9-8-16(2,3)4)20-10-6-7-13(12-20)11-14(17)21;/h13H,5-12H2,1-4H3,(H2,17,21)(H,18,19);1H. The van der Waals surface area contributed by atoms with Crippen molar-refractivity contribution in [2.75, 3.05) is 26.2 Å². The van der Waals surface area contributed by atoms with Crippen molar-refractivity contribution in [3.8, 4) is 0 Å². The smallest absolute Gasteiger partial charge is 0.217 e. The molecule has 1 aliphatic rings. The fourth-order valence-electron chi connectivity index (χ4n) is 2.63. The lowest BCUT2D eigenvalue weighted by Gasteiger charge is -2.34. The van der Waals surface area contributed by atoms with Gasteiger partial charge in [0.1, 0.15) is 0 Å². The van der Waals surface area contributed by atoms with E-state index in [1.54, 1.807) is 0 Å². The van der Waals surface area contributed by atoms with Gasteiger partial charge in [-0.25, -0.2) is 0 Å². The Balaban J connectivity index is 0.00000441. The Kier molecular flexibility index (Phi) is 10.0. The minimum Gasteiger partial charge on any atom is -0.370 e. The van der Waals surface area contributed by atoms with E-state index >= 15 is 0 Å². The molecular weight excluding hydrogens is 391 g/mol. The fraction of sp³-hybridized carbons (Fsp3) is 0.875. The molecule has 22 heavy (non-hydrogen) atoms. The number of nitrogens with zero attached hydrogens (tertiary/aromatic N) is 2. The van der Waals surface area contributed by atoms with Crippen molar-refractivity contribution in [3.63, 3.8) is 0 Å². The van der Waals surface area contributed by atoms with Crippen LogP contribution in [-0.2, 0) is 4.79 Å². The van der Waals surface area contributed by atoms with Crippen LogP contribution in [0.2, 0.25) is 0 Å². The number of aliphatic imine (C=N–C) groups is 1. The predicted octanol–water partition coefficient (Wildman–Crippen LogP) is 2.59. The maximum atomic E-state index is 11.1. The topological polar surface area (TPSA) is 70.7 Å². The molecule has 1 atom stereocenters. The van der Waals surface area contributed by atoms with Crippen LogP contribution in [-0.4, -0.2) is 42.9 Å². The number of hydrogen-bond acceptors (Lipinski definition) is 2. The largest absolute Gasteiger partial charge is 0.370 e. The van der Waals surface area contributed by atoms with Crippen LogP contribution < -0.4 is 11.1 Å². The molecule has 1 rings (SSSR count). The van der Waals surface area contributed by atoms with Crippen LogP contribution >= 0.6 is 24.0 Å². The highest BCUT2D eigenvalue weighted by Crippen LogP contribution is 2.20. The molecule has 130 valence electrons. The van der Waals surface area contributed by atoms with Crippen molar-refractivity contribution in [2.45, 2.75) is 53.4 Å². The van der Waals surface area contributed by atoms with Crippen molar-refractivity contribution in [1.29, 1.82) is 0 Å². The van der Waals surface area contributed by atoms with Crippen molar-refractivity contribution < 1.29 is 4.79 Å². The lowest BCUT2D eigenvalue weighted by atomic mass is 9.92. The van der Waals surface area contributed by atoms with Crippen LogP contribution in [0, 0.1) is 11.3 Å². The summed E-state index contributed by atoms with van der Waals surface area (Å²) < 4.78 is 0. The maximum absolute atomic E-state index is 11.1. The second-order valence-electron chi connectivity index (χ2n) is 7.17. The zero-order valence-corrected chi connectivity index (χ0v) is 16.9. The first-order valence-corrected chi connectivity index (χ1v) is 8.13. The highest BCUT2D eigenvalue weighted by atomic mass is 127. The van der Waals surface area contributed by atoms with E-state index in [1.165, 1.54) is 0 Å². The summed E-state index contributed by atoms with van der Waals surface area (Å²) in [6, 6.07) is 0. The normalized spacial score (nSPS) is 19.5. The summed E-state index contributed by atoms with van der Waals surface area (Å²) in [7, 11) is 0. The molecule has 0 aromatic carbocycles. The first-order chi connectivity index (χ1) is 9.81. The Hall–Kier alpha value is -0.530. The molecular formula is C16H33IN4O. The monoisotopic (exact) mass is 424 g/mol. The van der Waals surface area contributed by atoms with Gasteiger partial charge in [-0.2, -0.15) is 0 Å². The molecule has 1 aliphatic heterocycles. The van der Waals surface area contributed by atoms with E-state index in [4.69, 9.17) is 10.7 Å². The van der Waals surface area contributed by atoms with E-state index in [-0.39, 0.29) is 29.9 Å². The number of guanidine groups is 1. The second kappa shape index (κ2) is 10.3. The number of nitrogens with two attached hydrogens (primary N) is 1. The van der Waals surface area contributed by atoms with Crippen molar-refractivity contribution in [1.82, 2.24) is 10.2 Å². The van der Waals surface area contributed by atoms with E-state index in [0.29, 0.717) is 17.8 Å². The van der Waals surface area contributed by atoms with E-state index < -0.39 is 0 Å². The molecule has 0 aliphatic carbocycles. The zero-order valence-electron chi connectivity index (χ0n) is 14.5. The molecule has 0 radical (unpaired) electrons. The van der Waals surface area contributed by atoms with E-state index in [1.807, 2.05) is 0 Å². The molecule has 0 aromatic rings. The minimum atomic E-state index is -0.198. The molecule has 0 saturated carbocycles. The first kappa shape index (κ1) is 21.5. The lowest BCUT2D eigenvalue weighted by molar-refractivity contribution is -0.119. The van der Waals surface area contributed by atoms with Gasteiger partial charge in [0, 0.05) is 32.6 Å². The third-order valence-corrected chi connectivity index (χ3v) is 3.77. The number of carbonyl (C=O) groups is 1. The summed E-state index contributed by atoms with van der Waals surface area (Å²) >= 11 is 0. The van der Waals surface area contributed by atoms with Crippen LogP contribution in [0.15, 0.2) is 4.99 Å². The fourth-order valence-corrected chi connectivity index (χ4v) is 2.63. The van der Waals surface area contributed by atoms with Gasteiger partial charge >= 0.3 is 0 Å². The number of hydrogen-bond donors (Lipinski definition) is 2. The van der Waals surface area contributed by atoms with Gasteiger partial charge in [0.2, 0.25) is 5.91 Å². The van der Waals surface area contributed by atoms with Crippen molar-refractivity contribution in [3.05, 3.63) is 0 Å². The van der Waals surface area contributed by atoms with E-state index in [0.717, 1.165) is 51.4 Å². The summed E-state index contributed by atoms with van der Waals surface area (Å²) in [5.74, 6) is 1.15. The number of amides is 1. The average molecular weight is 424 g/mol. The summed E-state index contributed by atoms with van der Waals surface area (Å²) in [4.78, 5) is 18.1. The van der Waals surface area contributed by atoms with Gasteiger partial charge in [-0.3, -0.25) is 9.79 Å². The number of primary amides is 1. The van der Waals surface area contributed by atoms with Gasteiger partial charge in [-0.05, 0) is 37.5 Å².